The molecular formula is C8H7NO3. The lowest BCUT2D eigenvalue weighted by Crippen LogP contribution is -1.75. The molecule has 62 valence electrons. The molecule has 0 aliphatic rings. The van der Waals surface area contributed by atoms with Crippen LogP contribution in [-0.4, -0.2) is 11.3 Å². The lowest BCUT2D eigenvalue weighted by Gasteiger charge is -1.82. The van der Waals surface area contributed by atoms with Crippen molar-refractivity contribution >= 4 is 17.4 Å². The number of aldehydes is 1. The number of furan rings is 1. The Labute approximate surface area is 68.2 Å². The Morgan fingerprint density at radius 1 is 1.67 bits per heavy atom. The summed E-state index contributed by atoms with van der Waals surface area (Å²) in [7, 11) is 0. The van der Waals surface area contributed by atoms with E-state index in [0.717, 1.165) is 0 Å². The molecule has 0 aliphatic carbocycles. The van der Waals surface area contributed by atoms with E-state index in [4.69, 9.17) is 8.83 Å². The highest BCUT2D eigenvalue weighted by Crippen LogP contribution is 2.20. The molecule has 0 atom stereocenters. The predicted octanol–water partition coefficient (Wildman–Crippen LogP) is 1.80. The minimum absolute atomic E-state index is 0.206. The number of carbonyl (C=O) groups is 1. The number of nitrogens with zero attached hydrogens (tertiary/aromatic N) is 1. The third kappa shape index (κ3) is 0.845. The van der Waals surface area contributed by atoms with Crippen LogP contribution in [0.2, 0.25) is 0 Å². The van der Waals surface area contributed by atoms with Crippen LogP contribution in [0.1, 0.15) is 23.4 Å². The van der Waals surface area contributed by atoms with Crippen molar-refractivity contribution in [2.24, 2.45) is 0 Å². The summed E-state index contributed by atoms with van der Waals surface area (Å²) in [5, 5.41) is 0. The minimum atomic E-state index is 0.206. The van der Waals surface area contributed by atoms with Crippen LogP contribution in [0.15, 0.2) is 15.1 Å². The number of hydrogen-bond acceptors (Lipinski definition) is 4. The number of oxazole rings is 1. The van der Waals surface area contributed by atoms with Crippen LogP contribution in [-0.2, 0) is 6.42 Å². The highest BCUT2D eigenvalue weighted by molar-refractivity contribution is 5.89. The molecule has 0 radical (unpaired) electrons. The summed E-state index contributed by atoms with van der Waals surface area (Å²) in [6.45, 7) is 1.93. The van der Waals surface area contributed by atoms with Crippen LogP contribution in [0.4, 0.5) is 0 Å². The Balaban J connectivity index is 2.68. The normalized spacial score (nSPS) is 10.8. The lowest BCUT2D eigenvalue weighted by atomic mass is 10.4. The van der Waals surface area contributed by atoms with Crippen molar-refractivity contribution in [2.75, 3.05) is 0 Å². The number of fused-ring (bicyclic) bond motifs is 1. The van der Waals surface area contributed by atoms with Gasteiger partial charge in [-0.3, -0.25) is 4.79 Å². The van der Waals surface area contributed by atoms with E-state index in [1.165, 1.54) is 6.26 Å². The van der Waals surface area contributed by atoms with Gasteiger partial charge in [-0.15, -0.1) is 0 Å². The van der Waals surface area contributed by atoms with Crippen molar-refractivity contribution in [1.82, 2.24) is 4.98 Å². The van der Waals surface area contributed by atoms with Gasteiger partial charge >= 0.3 is 0 Å². The smallest absolute Gasteiger partial charge is 0.211 e. The lowest BCUT2D eigenvalue weighted by molar-refractivity contribution is 0.110. The maximum absolute atomic E-state index is 10.4. The standard InChI is InChI=1S/C8H7NO3/c1-2-7-9-5-4-11-6(3-10)8(5)12-7/h3-4H,2H2,1H3. The number of aryl methyl sites for hydroxylation is 1. The van der Waals surface area contributed by atoms with E-state index in [2.05, 4.69) is 4.98 Å². The fraction of sp³-hybridized carbons (Fsp3) is 0.250. The van der Waals surface area contributed by atoms with Crippen molar-refractivity contribution in [3.8, 4) is 0 Å². The van der Waals surface area contributed by atoms with Crippen molar-refractivity contribution in [3.63, 3.8) is 0 Å². The van der Waals surface area contributed by atoms with Crippen LogP contribution in [0.25, 0.3) is 11.1 Å². The van der Waals surface area contributed by atoms with E-state index in [1.807, 2.05) is 6.92 Å². The zero-order valence-corrected chi connectivity index (χ0v) is 6.53. The monoisotopic (exact) mass is 165 g/mol. The van der Waals surface area contributed by atoms with Crippen molar-refractivity contribution < 1.29 is 13.6 Å². The van der Waals surface area contributed by atoms with Gasteiger partial charge in [0.15, 0.2) is 12.2 Å². The van der Waals surface area contributed by atoms with Gasteiger partial charge in [0.1, 0.15) is 11.8 Å². The number of carbonyl (C=O) groups excluding carboxylic acids is 1. The third-order valence-electron chi connectivity index (χ3n) is 1.63. The first kappa shape index (κ1) is 7.09. The van der Waals surface area contributed by atoms with Crippen molar-refractivity contribution in [1.29, 1.82) is 0 Å². The van der Waals surface area contributed by atoms with Gasteiger partial charge < -0.3 is 8.83 Å². The van der Waals surface area contributed by atoms with Gasteiger partial charge in [-0.2, -0.15) is 0 Å². The Morgan fingerprint density at radius 3 is 3.17 bits per heavy atom. The first-order valence-corrected chi connectivity index (χ1v) is 3.67. The second-order valence-corrected chi connectivity index (χ2v) is 2.39. The average molecular weight is 165 g/mol. The molecular weight excluding hydrogens is 158 g/mol. The molecule has 0 aliphatic heterocycles. The largest absolute Gasteiger partial charge is 0.455 e. The second-order valence-electron chi connectivity index (χ2n) is 2.39. The Kier molecular flexibility index (Phi) is 1.46. The van der Waals surface area contributed by atoms with E-state index in [-0.39, 0.29) is 5.76 Å². The quantitative estimate of drug-likeness (QED) is 0.636. The van der Waals surface area contributed by atoms with Gasteiger partial charge in [0.25, 0.3) is 0 Å². The summed E-state index contributed by atoms with van der Waals surface area (Å²) < 4.78 is 10.1. The Bertz CT molecular complexity index is 413. The average Bonchev–Trinajstić information content (AvgIpc) is 2.61. The maximum Gasteiger partial charge on any atom is 0.211 e. The SMILES string of the molecule is CCc1nc2coc(C=O)c2o1. The van der Waals surface area contributed by atoms with E-state index in [0.29, 0.717) is 29.7 Å². The van der Waals surface area contributed by atoms with Gasteiger partial charge in [-0.25, -0.2) is 4.98 Å². The second kappa shape index (κ2) is 2.48. The number of aromatic nitrogens is 1. The highest BCUT2D eigenvalue weighted by Gasteiger charge is 2.11. The van der Waals surface area contributed by atoms with Gasteiger partial charge in [0.2, 0.25) is 11.3 Å². The molecule has 0 aromatic carbocycles. The summed E-state index contributed by atoms with van der Waals surface area (Å²) in [6, 6.07) is 0. The summed E-state index contributed by atoms with van der Waals surface area (Å²) in [4.78, 5) is 14.5. The predicted molar refractivity (Wildman–Crippen MR) is 41.0 cm³/mol. The summed E-state index contributed by atoms with van der Waals surface area (Å²) in [5.41, 5.74) is 1.05. The van der Waals surface area contributed by atoms with E-state index < -0.39 is 0 Å². The molecule has 12 heavy (non-hydrogen) atoms. The topological polar surface area (TPSA) is 56.2 Å². The fourth-order valence-corrected chi connectivity index (χ4v) is 1.04. The Morgan fingerprint density at radius 2 is 2.50 bits per heavy atom. The number of hydrogen-bond donors (Lipinski definition) is 0. The summed E-state index contributed by atoms with van der Waals surface area (Å²) in [5.74, 6) is 0.830. The summed E-state index contributed by atoms with van der Waals surface area (Å²) in [6.07, 6.45) is 2.75. The molecule has 2 aromatic rings. The molecule has 0 fully saturated rings. The maximum atomic E-state index is 10.4. The number of rotatable bonds is 2. The molecule has 0 saturated heterocycles. The molecule has 2 aromatic heterocycles. The zero-order valence-electron chi connectivity index (χ0n) is 6.53. The van der Waals surface area contributed by atoms with Gasteiger partial charge in [0.05, 0.1) is 0 Å². The summed E-state index contributed by atoms with van der Waals surface area (Å²) >= 11 is 0. The van der Waals surface area contributed by atoms with Crippen LogP contribution < -0.4 is 0 Å². The molecule has 0 unspecified atom stereocenters. The van der Waals surface area contributed by atoms with Crippen molar-refractivity contribution in [3.05, 3.63) is 17.9 Å². The van der Waals surface area contributed by atoms with Crippen LogP contribution >= 0.6 is 0 Å². The highest BCUT2D eigenvalue weighted by atomic mass is 16.4. The zero-order chi connectivity index (χ0) is 8.55. The van der Waals surface area contributed by atoms with Gasteiger partial charge in [-0.05, 0) is 0 Å². The molecule has 0 N–H and O–H groups in total. The molecule has 4 nitrogen and oxygen atoms in total. The molecule has 2 rings (SSSR count). The van der Waals surface area contributed by atoms with Gasteiger partial charge in [-0.1, -0.05) is 6.92 Å². The molecule has 0 saturated carbocycles. The van der Waals surface area contributed by atoms with Crippen LogP contribution in [0.5, 0.6) is 0 Å². The molecule has 0 bridgehead atoms. The van der Waals surface area contributed by atoms with Crippen LogP contribution in [0, 0.1) is 0 Å². The molecule has 2 heterocycles. The van der Waals surface area contributed by atoms with E-state index in [9.17, 15) is 4.79 Å². The van der Waals surface area contributed by atoms with Crippen LogP contribution in [0.3, 0.4) is 0 Å². The van der Waals surface area contributed by atoms with E-state index >= 15 is 0 Å². The minimum Gasteiger partial charge on any atom is -0.455 e. The molecule has 4 heteroatoms. The van der Waals surface area contributed by atoms with E-state index in [1.54, 1.807) is 0 Å². The Hall–Kier alpha value is -1.58. The molecule has 0 spiro atoms. The fourth-order valence-electron chi connectivity index (χ4n) is 1.04. The van der Waals surface area contributed by atoms with Crippen molar-refractivity contribution in [2.45, 2.75) is 13.3 Å². The first-order chi connectivity index (χ1) is 5.85. The third-order valence-corrected chi connectivity index (χ3v) is 1.63. The molecule has 0 amide bonds. The van der Waals surface area contributed by atoms with Gasteiger partial charge in [0, 0.05) is 6.42 Å². The first-order valence-electron chi connectivity index (χ1n) is 3.67.